The SMILES string of the molecule is CS(=O)(=O)CCc1cc(F)cc(-c2cncc3[nH]c(-c4n[nH]c5cnc(-c6cncc(NC(=O)C7CCCC7)c6)cc45)cc23)c1. The average molecular weight is 624 g/mol. The molecule has 0 saturated heterocycles. The molecule has 10 nitrogen and oxygen atoms in total. The Morgan fingerprint density at radius 3 is 2.58 bits per heavy atom. The van der Waals surface area contributed by atoms with Crippen molar-refractivity contribution in [1.82, 2.24) is 30.1 Å². The molecule has 0 spiro atoms. The molecule has 0 unspecified atom stereocenters. The summed E-state index contributed by atoms with van der Waals surface area (Å²) in [5, 5.41) is 12.3. The van der Waals surface area contributed by atoms with E-state index in [1.807, 2.05) is 18.2 Å². The van der Waals surface area contributed by atoms with Crippen molar-refractivity contribution in [2.45, 2.75) is 32.1 Å². The van der Waals surface area contributed by atoms with Crippen molar-refractivity contribution in [3.63, 3.8) is 0 Å². The number of carbonyl (C=O) groups is 1. The number of fused-ring (bicyclic) bond motifs is 2. The number of carbonyl (C=O) groups excluding carboxylic acids is 1. The van der Waals surface area contributed by atoms with Crippen LogP contribution < -0.4 is 5.32 Å². The maximum atomic E-state index is 14.6. The van der Waals surface area contributed by atoms with Crippen molar-refractivity contribution in [1.29, 1.82) is 0 Å². The lowest BCUT2D eigenvalue weighted by molar-refractivity contribution is -0.119. The first kappa shape index (κ1) is 28.8. The van der Waals surface area contributed by atoms with Crippen LogP contribution in [0.5, 0.6) is 0 Å². The fourth-order valence-electron chi connectivity index (χ4n) is 6.02. The Morgan fingerprint density at radius 1 is 0.933 bits per heavy atom. The zero-order valence-corrected chi connectivity index (χ0v) is 25.3. The van der Waals surface area contributed by atoms with Crippen molar-refractivity contribution in [3.8, 4) is 33.8 Å². The number of halogens is 1. The first-order valence-electron chi connectivity index (χ1n) is 14.8. The highest BCUT2D eigenvalue weighted by Crippen LogP contribution is 2.35. The number of rotatable bonds is 8. The summed E-state index contributed by atoms with van der Waals surface area (Å²) in [5.41, 5.74) is 6.85. The Hall–Kier alpha value is -4.97. The standard InChI is InChI=1S/C33H30FN7O3S/c1-45(43,44)7-6-19-8-21(10-23(34)9-19)27-16-36-17-30-25(27)12-29(39-30)32-26-13-28(37-18-31(26)40-41-32)22-11-24(15-35-14-22)38-33(42)20-4-2-3-5-20/h8-18,20,39H,2-7H2,1H3,(H,38,42)(H,40,41). The Morgan fingerprint density at radius 2 is 1.76 bits per heavy atom. The number of aromatic amines is 2. The van der Waals surface area contributed by atoms with Gasteiger partial charge in [0, 0.05) is 46.5 Å². The number of aryl methyl sites for hydroxylation is 1. The molecule has 1 fully saturated rings. The summed E-state index contributed by atoms with van der Waals surface area (Å²) < 4.78 is 38.0. The molecule has 5 aromatic heterocycles. The minimum Gasteiger partial charge on any atom is -0.352 e. The number of sulfone groups is 1. The number of hydrogen-bond acceptors (Lipinski definition) is 7. The van der Waals surface area contributed by atoms with E-state index < -0.39 is 15.7 Å². The molecule has 5 heterocycles. The van der Waals surface area contributed by atoms with Crippen LogP contribution in [0, 0.1) is 11.7 Å². The van der Waals surface area contributed by atoms with Crippen LogP contribution in [-0.2, 0) is 21.1 Å². The van der Waals surface area contributed by atoms with Gasteiger partial charge in [0.1, 0.15) is 21.3 Å². The molecule has 7 rings (SSSR count). The second-order valence-electron chi connectivity index (χ2n) is 11.7. The van der Waals surface area contributed by atoms with Gasteiger partial charge < -0.3 is 10.3 Å². The number of hydrogen-bond donors (Lipinski definition) is 3. The quantitative estimate of drug-likeness (QED) is 0.186. The van der Waals surface area contributed by atoms with Crippen LogP contribution in [0.3, 0.4) is 0 Å². The number of amides is 1. The summed E-state index contributed by atoms with van der Waals surface area (Å²) in [6.07, 6.45) is 13.8. The van der Waals surface area contributed by atoms with E-state index in [1.54, 1.807) is 37.1 Å². The molecule has 12 heteroatoms. The lowest BCUT2D eigenvalue weighted by Crippen LogP contribution is -2.20. The summed E-state index contributed by atoms with van der Waals surface area (Å²) in [5.74, 6) is -0.432. The number of benzene rings is 1. The molecule has 3 N–H and O–H groups in total. The Balaban J connectivity index is 1.22. The number of nitrogens with one attached hydrogen (secondary N) is 3. The number of anilines is 1. The minimum atomic E-state index is -3.19. The topological polar surface area (TPSA) is 146 Å². The van der Waals surface area contributed by atoms with Crippen molar-refractivity contribution in [3.05, 3.63) is 78.8 Å². The van der Waals surface area contributed by atoms with Crippen LogP contribution in [0.2, 0.25) is 0 Å². The lowest BCUT2D eigenvalue weighted by Gasteiger charge is -2.11. The van der Waals surface area contributed by atoms with Crippen molar-refractivity contribution < 1.29 is 17.6 Å². The van der Waals surface area contributed by atoms with Gasteiger partial charge in [-0.25, -0.2) is 12.8 Å². The predicted molar refractivity (Wildman–Crippen MR) is 172 cm³/mol. The summed E-state index contributed by atoms with van der Waals surface area (Å²) in [4.78, 5) is 29.4. The highest BCUT2D eigenvalue weighted by Gasteiger charge is 2.23. The molecular weight excluding hydrogens is 593 g/mol. The van der Waals surface area contributed by atoms with E-state index >= 15 is 0 Å². The normalized spacial score (nSPS) is 14.0. The number of nitrogens with zero attached hydrogens (tertiary/aromatic N) is 4. The first-order valence-corrected chi connectivity index (χ1v) is 16.8. The van der Waals surface area contributed by atoms with Gasteiger partial charge in [0.25, 0.3) is 0 Å². The minimum absolute atomic E-state index is 0.0306. The van der Waals surface area contributed by atoms with E-state index in [-0.39, 0.29) is 24.0 Å². The van der Waals surface area contributed by atoms with Crippen LogP contribution in [0.1, 0.15) is 31.2 Å². The highest BCUT2D eigenvalue weighted by atomic mass is 32.2. The lowest BCUT2D eigenvalue weighted by atomic mass is 10.0. The van der Waals surface area contributed by atoms with Crippen LogP contribution in [0.4, 0.5) is 10.1 Å². The van der Waals surface area contributed by atoms with Gasteiger partial charge in [0.05, 0.1) is 52.5 Å². The zero-order valence-electron chi connectivity index (χ0n) is 24.5. The molecular formula is C33H30FN7O3S. The van der Waals surface area contributed by atoms with Crippen molar-refractivity contribution in [2.24, 2.45) is 5.92 Å². The molecule has 0 radical (unpaired) electrons. The van der Waals surface area contributed by atoms with E-state index in [1.165, 1.54) is 18.4 Å². The van der Waals surface area contributed by atoms with Gasteiger partial charge in [-0.2, -0.15) is 5.10 Å². The molecule has 0 bridgehead atoms. The maximum absolute atomic E-state index is 14.6. The Kier molecular flexibility index (Phi) is 7.36. The Labute approximate surface area is 258 Å². The third-order valence-corrected chi connectivity index (χ3v) is 9.25. The van der Waals surface area contributed by atoms with Crippen LogP contribution in [-0.4, -0.2) is 56.5 Å². The molecule has 45 heavy (non-hydrogen) atoms. The third kappa shape index (κ3) is 6.05. The molecule has 0 atom stereocenters. The van der Waals surface area contributed by atoms with Crippen LogP contribution >= 0.6 is 0 Å². The van der Waals surface area contributed by atoms with Gasteiger partial charge >= 0.3 is 0 Å². The Bertz CT molecular complexity index is 2190. The molecule has 228 valence electrons. The van der Waals surface area contributed by atoms with E-state index in [2.05, 4.69) is 35.5 Å². The number of pyridine rings is 3. The first-order chi connectivity index (χ1) is 21.7. The molecule has 1 aliphatic rings. The molecule has 6 aromatic rings. The molecule has 1 amide bonds. The van der Waals surface area contributed by atoms with Gasteiger partial charge in [-0.15, -0.1) is 0 Å². The van der Waals surface area contributed by atoms with E-state index in [0.717, 1.165) is 58.7 Å². The van der Waals surface area contributed by atoms with E-state index in [0.29, 0.717) is 33.8 Å². The van der Waals surface area contributed by atoms with Gasteiger partial charge in [-0.3, -0.25) is 24.8 Å². The highest BCUT2D eigenvalue weighted by molar-refractivity contribution is 7.90. The van der Waals surface area contributed by atoms with Gasteiger partial charge in [-0.1, -0.05) is 18.9 Å². The molecule has 1 aliphatic carbocycles. The average Bonchev–Trinajstić information content (AvgIpc) is 3.79. The maximum Gasteiger partial charge on any atom is 0.227 e. The summed E-state index contributed by atoms with van der Waals surface area (Å²) in [7, 11) is -3.19. The monoisotopic (exact) mass is 623 g/mol. The summed E-state index contributed by atoms with van der Waals surface area (Å²) in [6, 6.07) is 10.3. The smallest absolute Gasteiger partial charge is 0.227 e. The second-order valence-corrected chi connectivity index (χ2v) is 13.9. The van der Waals surface area contributed by atoms with Gasteiger partial charge in [0.15, 0.2) is 0 Å². The van der Waals surface area contributed by atoms with Crippen molar-refractivity contribution >= 4 is 43.2 Å². The van der Waals surface area contributed by atoms with E-state index in [9.17, 15) is 17.6 Å². The summed E-state index contributed by atoms with van der Waals surface area (Å²) in [6.45, 7) is 0. The molecule has 1 aromatic carbocycles. The van der Waals surface area contributed by atoms with Crippen LogP contribution in [0.15, 0.2) is 67.4 Å². The zero-order chi connectivity index (χ0) is 31.1. The fourth-order valence-corrected chi connectivity index (χ4v) is 6.63. The van der Waals surface area contributed by atoms with E-state index in [4.69, 9.17) is 0 Å². The third-order valence-electron chi connectivity index (χ3n) is 8.31. The summed E-state index contributed by atoms with van der Waals surface area (Å²) >= 11 is 0. The number of H-pyrrole nitrogens is 2. The van der Waals surface area contributed by atoms with Crippen molar-refractivity contribution in [2.75, 3.05) is 17.3 Å². The molecule has 1 saturated carbocycles. The number of aromatic nitrogens is 6. The molecule has 0 aliphatic heterocycles. The predicted octanol–water partition coefficient (Wildman–Crippen LogP) is 6.09. The van der Waals surface area contributed by atoms with Gasteiger partial charge in [0.2, 0.25) is 5.91 Å². The van der Waals surface area contributed by atoms with Gasteiger partial charge in [-0.05, 0) is 60.7 Å². The van der Waals surface area contributed by atoms with Crippen LogP contribution in [0.25, 0.3) is 55.6 Å². The second kappa shape index (κ2) is 11.5. The largest absolute Gasteiger partial charge is 0.352 e. The fraction of sp³-hybridized carbons (Fsp3) is 0.242.